The monoisotopic (exact) mass is 1680 g/mol. The van der Waals surface area contributed by atoms with Gasteiger partial charge in [0, 0.05) is 25.7 Å². The van der Waals surface area contributed by atoms with E-state index in [0.717, 1.165) is 116 Å². The first-order valence-electron chi connectivity index (χ1n) is 46.6. The van der Waals surface area contributed by atoms with Crippen molar-refractivity contribution < 1.29 is 122 Å². The Morgan fingerprint density at radius 3 is 1.03 bits per heavy atom. The third-order valence-electron chi connectivity index (χ3n) is 22.7. The molecule has 1 saturated carbocycles. The zero-order valence-corrected chi connectivity index (χ0v) is 73.2. The summed E-state index contributed by atoms with van der Waals surface area (Å²) >= 11 is 0. The summed E-state index contributed by atoms with van der Waals surface area (Å²) in [6, 6.07) is 0. The molecule has 18 unspecified atom stereocenters. The highest BCUT2D eigenvalue weighted by molar-refractivity contribution is 7.47. The molecule has 3 fully saturated rings. The quantitative estimate of drug-likeness (QED) is 0.00889. The average molecular weight is 1680 g/mol. The van der Waals surface area contributed by atoms with Crippen LogP contribution in [-0.2, 0) is 70.7 Å². The number of carbonyl (C=O) groups excluding carboxylic acids is 4. The van der Waals surface area contributed by atoms with Gasteiger partial charge >= 0.3 is 31.7 Å². The molecule has 1 aliphatic carbocycles. The molecule has 3 aliphatic rings. The predicted molar refractivity (Wildman–Crippen MR) is 449 cm³/mol. The average Bonchev–Trinajstić information content (AvgIpc) is 0.753. The molecule has 26 heteroatoms. The minimum absolute atomic E-state index is 0.00721. The molecule has 0 bridgehead atoms. The molecule has 2 aliphatic heterocycles. The van der Waals surface area contributed by atoms with Gasteiger partial charge in [-0.15, -0.1) is 0 Å². The number of rotatable bonds is 75. The van der Waals surface area contributed by atoms with Gasteiger partial charge in [-0.3, -0.25) is 28.2 Å². The molecule has 18 atom stereocenters. The van der Waals surface area contributed by atoms with E-state index in [1.807, 2.05) is 0 Å². The fourth-order valence-electron chi connectivity index (χ4n) is 15.2. The van der Waals surface area contributed by atoms with Gasteiger partial charge < -0.3 is 88.7 Å². The van der Waals surface area contributed by atoms with Crippen molar-refractivity contribution in [3.63, 3.8) is 0 Å². The molecule has 0 spiro atoms. The van der Waals surface area contributed by atoms with Crippen molar-refractivity contribution in [3.8, 4) is 0 Å². The second-order valence-corrected chi connectivity index (χ2v) is 34.6. The zero-order chi connectivity index (χ0) is 84.7. The van der Waals surface area contributed by atoms with Crippen LogP contribution in [-0.4, -0.2) is 205 Å². The van der Waals surface area contributed by atoms with Crippen molar-refractivity contribution >= 4 is 31.7 Å². The van der Waals surface area contributed by atoms with Crippen LogP contribution in [0.1, 0.15) is 394 Å². The number of ether oxygens (including phenoxy) is 8. The lowest BCUT2D eigenvalue weighted by atomic mass is 9.84. The van der Waals surface area contributed by atoms with Crippen molar-refractivity contribution in [1.29, 1.82) is 0 Å². The lowest BCUT2D eigenvalue weighted by molar-refractivity contribution is -0.360. The van der Waals surface area contributed by atoms with Crippen molar-refractivity contribution in [1.82, 2.24) is 0 Å². The Bertz CT molecular complexity index is 2510. The van der Waals surface area contributed by atoms with Gasteiger partial charge in [-0.25, -0.2) is 4.57 Å². The summed E-state index contributed by atoms with van der Waals surface area (Å²) in [7, 11) is -5.81. The van der Waals surface area contributed by atoms with Gasteiger partial charge in [0.05, 0.1) is 13.2 Å². The van der Waals surface area contributed by atoms with E-state index in [1.54, 1.807) is 0 Å². The number of phosphoric ester groups is 1. The van der Waals surface area contributed by atoms with Gasteiger partial charge in [-0.1, -0.05) is 315 Å². The highest BCUT2D eigenvalue weighted by atomic mass is 31.2. The number of carbonyl (C=O) groups is 4. The summed E-state index contributed by atoms with van der Waals surface area (Å²) in [5, 5.41) is 102. The van der Waals surface area contributed by atoms with Gasteiger partial charge in [0.25, 0.3) is 0 Å². The molecule has 0 radical (unpaired) electrons. The number of aliphatic hydroxyl groups excluding tert-OH is 9. The zero-order valence-electron chi connectivity index (χ0n) is 72.3. The Morgan fingerprint density at radius 1 is 0.336 bits per heavy atom. The Balaban J connectivity index is 1.92. The molecule has 116 heavy (non-hydrogen) atoms. The molecule has 2 saturated heterocycles. The second kappa shape index (κ2) is 69.4. The second-order valence-electron chi connectivity index (χ2n) is 33.2. The smallest absolute Gasteiger partial charge is 0.463 e. The van der Waals surface area contributed by atoms with Gasteiger partial charge in [-0.2, -0.15) is 0 Å². The molecule has 3 rings (SSSR count). The minimum atomic E-state index is -5.81. The highest BCUT2D eigenvalue weighted by Gasteiger charge is 2.60. The van der Waals surface area contributed by atoms with E-state index in [2.05, 4.69) is 52.0 Å². The number of phosphoric acid groups is 1. The van der Waals surface area contributed by atoms with Crippen LogP contribution in [0.25, 0.3) is 0 Å². The van der Waals surface area contributed by atoms with E-state index in [-0.39, 0.29) is 32.1 Å². The summed E-state index contributed by atoms with van der Waals surface area (Å²) in [4.78, 5) is 66.4. The van der Waals surface area contributed by atoms with E-state index in [1.165, 1.54) is 180 Å². The number of aliphatic hydroxyl groups is 9. The Labute approximate surface area is 698 Å². The van der Waals surface area contributed by atoms with Crippen LogP contribution in [0.15, 0.2) is 24.3 Å². The van der Waals surface area contributed by atoms with Crippen molar-refractivity contribution in [3.05, 3.63) is 24.3 Å². The number of esters is 4. The van der Waals surface area contributed by atoms with Crippen LogP contribution in [0.2, 0.25) is 0 Å². The lowest BCUT2D eigenvalue weighted by Gasteiger charge is -2.50. The molecular formula is C90H165O25P. The van der Waals surface area contributed by atoms with Crippen molar-refractivity contribution in [2.75, 3.05) is 26.4 Å². The van der Waals surface area contributed by atoms with Crippen LogP contribution in [0.4, 0.5) is 0 Å². The predicted octanol–water partition coefficient (Wildman–Crippen LogP) is 16.9. The lowest BCUT2D eigenvalue weighted by Crippen LogP contribution is -2.70. The molecule has 680 valence electrons. The summed E-state index contributed by atoms with van der Waals surface area (Å²) in [5.41, 5.74) is 0. The molecular weight excluding hydrogens is 1510 g/mol. The fraction of sp³-hybridized carbons (Fsp3) is 0.911. The first kappa shape index (κ1) is 107. The van der Waals surface area contributed by atoms with Crippen molar-refractivity contribution in [2.24, 2.45) is 0 Å². The van der Waals surface area contributed by atoms with Gasteiger partial charge in [0.1, 0.15) is 92.6 Å². The third-order valence-corrected chi connectivity index (χ3v) is 23.7. The van der Waals surface area contributed by atoms with Crippen molar-refractivity contribution in [2.45, 2.75) is 498 Å². The number of unbranched alkanes of at least 4 members (excludes halogenated alkanes) is 47. The molecule has 0 aromatic heterocycles. The minimum Gasteiger partial charge on any atom is -0.463 e. The highest BCUT2D eigenvalue weighted by Crippen LogP contribution is 2.49. The molecule has 0 aromatic rings. The topological polar surface area (TPSA) is 380 Å². The number of hydrogen-bond donors (Lipinski definition) is 10. The fourth-order valence-corrected chi connectivity index (χ4v) is 16.2. The van der Waals surface area contributed by atoms with Gasteiger partial charge in [-0.05, 0) is 77.0 Å². The van der Waals surface area contributed by atoms with E-state index in [9.17, 15) is 74.6 Å². The maximum Gasteiger partial charge on any atom is 0.472 e. The summed E-state index contributed by atoms with van der Waals surface area (Å²) in [6.45, 7) is 5.57. The van der Waals surface area contributed by atoms with E-state index in [0.29, 0.717) is 38.5 Å². The summed E-state index contributed by atoms with van der Waals surface area (Å²) < 4.78 is 73.3. The first-order chi connectivity index (χ1) is 56.2. The standard InChI is InChI=1S/C90H165O25P/c1-5-9-13-17-21-25-29-33-35-37-40-43-46-50-54-58-62-73(92)106-67-70(109-75(94)64-60-56-52-48-45-41-36-34-30-26-22-18-14-10-6-2)68-108-116(104,105)115-88-86(113-89-83(102)79(98)77(96)71(66-91)110-89)82(101)81(100)85(112-76(95)65-61-57-53-49-44-39-32-28-24-20-16-12-8-4)87(88)114-90-84(103)80(99)78(97)72(111-90)69-107-74(93)63-59-55-51-47-42-38-31-27-23-19-15-11-7-3/h38-39,42,44,70-72,77-91,96-103H,5-37,40-41,43,45-69H2,1-4H3,(H,104,105)/b42-38-,44-39-. The van der Waals surface area contributed by atoms with E-state index < -0.39 is 162 Å². The summed E-state index contributed by atoms with van der Waals surface area (Å²) in [6.07, 6.45) is 29.0. The first-order valence-corrected chi connectivity index (χ1v) is 48.1. The maximum absolute atomic E-state index is 14.9. The molecule has 10 N–H and O–H groups in total. The molecule has 0 amide bonds. The third kappa shape index (κ3) is 49.3. The van der Waals surface area contributed by atoms with Crippen LogP contribution < -0.4 is 0 Å². The van der Waals surface area contributed by atoms with Crippen LogP contribution >= 0.6 is 7.82 Å². The Kier molecular flexibility index (Phi) is 64.1. The summed E-state index contributed by atoms with van der Waals surface area (Å²) in [5.74, 6) is -2.99. The van der Waals surface area contributed by atoms with Crippen LogP contribution in [0.3, 0.4) is 0 Å². The Hall–Kier alpha value is -3.05. The van der Waals surface area contributed by atoms with Gasteiger partial charge in [0.2, 0.25) is 0 Å². The van der Waals surface area contributed by atoms with Crippen LogP contribution in [0.5, 0.6) is 0 Å². The number of hydrogen-bond acceptors (Lipinski definition) is 24. The van der Waals surface area contributed by atoms with E-state index >= 15 is 0 Å². The maximum atomic E-state index is 14.9. The van der Waals surface area contributed by atoms with Gasteiger partial charge in [0.15, 0.2) is 24.8 Å². The van der Waals surface area contributed by atoms with Crippen LogP contribution in [0, 0.1) is 0 Å². The van der Waals surface area contributed by atoms with E-state index in [4.69, 9.17) is 46.9 Å². The Morgan fingerprint density at radius 2 is 0.647 bits per heavy atom. The molecule has 0 aromatic carbocycles. The molecule has 25 nitrogen and oxygen atoms in total. The largest absolute Gasteiger partial charge is 0.472 e. The SMILES string of the molecule is CCCCCCCC/C=C\CCCCCC(=O)OCC1OC(OC2C(OC(=O)CCCCC/C=C\CCCCCCCC)C(O)C(O)C(OC3OC(CO)C(O)C(O)C3O)C2OP(=O)(O)OCC(COC(=O)CCCCCCCCCCCCCCCCCC)OC(=O)CCCCCCCCCCCCCCCCC)C(O)C(O)C1O. The normalized spacial score (nSPS) is 25.2. The molecule has 2 heterocycles. The number of allylic oxidation sites excluding steroid dienone is 4.